The van der Waals surface area contributed by atoms with Gasteiger partial charge in [-0.1, -0.05) is 6.58 Å². The van der Waals surface area contributed by atoms with E-state index in [9.17, 15) is 14.4 Å². The number of rotatable bonds is 8. The molecule has 0 unspecified atom stereocenters. The van der Waals surface area contributed by atoms with Gasteiger partial charge in [-0.25, -0.2) is 0 Å². The summed E-state index contributed by atoms with van der Waals surface area (Å²) in [5.74, 6) is -0.702. The van der Waals surface area contributed by atoms with Crippen molar-refractivity contribution >= 4 is 18.1 Å². The molecule has 0 aliphatic carbocycles. The van der Waals surface area contributed by atoms with Gasteiger partial charge in [-0.3, -0.25) is 14.4 Å². The molecule has 0 spiro atoms. The minimum absolute atomic E-state index is 0.0980. The maximum atomic E-state index is 11.4. The number of hydrogen-bond acceptors (Lipinski definition) is 4. The first-order valence-electron chi connectivity index (χ1n) is 5.04. The molecule has 0 bridgehead atoms. The number of carbonyl (C=O) groups is 3. The van der Waals surface area contributed by atoms with Gasteiger partial charge in [0.15, 0.2) is 0 Å². The second-order valence-electron chi connectivity index (χ2n) is 3.41. The van der Waals surface area contributed by atoms with E-state index >= 15 is 0 Å². The summed E-state index contributed by atoms with van der Waals surface area (Å²) in [5, 5.41) is 2.54. The van der Waals surface area contributed by atoms with Crippen molar-refractivity contribution in [3.63, 3.8) is 0 Å². The fraction of sp³-hybridized carbons (Fsp3) is 0.364. The van der Waals surface area contributed by atoms with Crippen LogP contribution in [0.5, 0.6) is 0 Å². The number of aldehydes is 1. The minimum Gasteiger partial charge on any atom is -0.370 e. The van der Waals surface area contributed by atoms with Crippen molar-refractivity contribution < 1.29 is 14.4 Å². The normalized spacial score (nSPS) is 9.94. The molecule has 0 saturated heterocycles. The molecule has 2 amide bonds. The average Bonchev–Trinajstić information content (AvgIpc) is 2.25. The average molecular weight is 239 g/mol. The Bertz CT molecular complexity index is 337. The number of likely N-dealkylation sites (N-methyl/N-ethyl adjacent to an activating group) is 1. The second kappa shape index (κ2) is 8.09. The topological polar surface area (TPSA) is 92.5 Å². The van der Waals surface area contributed by atoms with Crippen molar-refractivity contribution in [2.75, 3.05) is 20.1 Å². The number of carbonyl (C=O) groups excluding carboxylic acids is 3. The van der Waals surface area contributed by atoms with Gasteiger partial charge in [0.1, 0.15) is 6.29 Å². The van der Waals surface area contributed by atoms with Crippen LogP contribution < -0.4 is 11.1 Å². The third kappa shape index (κ3) is 7.78. The first-order valence-corrected chi connectivity index (χ1v) is 5.04. The Morgan fingerprint density at radius 2 is 2.12 bits per heavy atom. The highest BCUT2D eigenvalue weighted by Crippen LogP contribution is 1.98. The maximum Gasteiger partial charge on any atom is 0.239 e. The van der Waals surface area contributed by atoms with Crippen LogP contribution in [0.1, 0.15) is 6.42 Å². The van der Waals surface area contributed by atoms with Crippen LogP contribution in [0.15, 0.2) is 24.4 Å². The molecule has 0 aromatic heterocycles. The quantitative estimate of drug-likeness (QED) is 0.329. The Morgan fingerprint density at radius 1 is 1.47 bits per heavy atom. The van der Waals surface area contributed by atoms with E-state index in [0.717, 1.165) is 0 Å². The predicted molar refractivity (Wildman–Crippen MR) is 63.8 cm³/mol. The van der Waals surface area contributed by atoms with E-state index < -0.39 is 5.91 Å². The maximum absolute atomic E-state index is 11.4. The van der Waals surface area contributed by atoms with Crippen molar-refractivity contribution in [1.29, 1.82) is 0 Å². The van der Waals surface area contributed by atoms with Crippen LogP contribution in [-0.4, -0.2) is 43.1 Å². The highest BCUT2D eigenvalue weighted by molar-refractivity contribution is 5.79. The molecule has 0 aromatic carbocycles. The van der Waals surface area contributed by atoms with Gasteiger partial charge < -0.3 is 16.0 Å². The van der Waals surface area contributed by atoms with Crippen LogP contribution in [0.2, 0.25) is 0 Å². The first-order chi connectivity index (χ1) is 7.97. The first kappa shape index (κ1) is 14.9. The number of allylic oxidation sites excluding steroid dienone is 2. The lowest BCUT2D eigenvalue weighted by Gasteiger charge is -2.18. The number of nitrogens with two attached hydrogens (primary N) is 1. The van der Waals surface area contributed by atoms with Crippen molar-refractivity contribution in [3.05, 3.63) is 24.4 Å². The van der Waals surface area contributed by atoms with Crippen LogP contribution >= 0.6 is 0 Å². The highest BCUT2D eigenvalue weighted by atomic mass is 16.2. The molecule has 6 heteroatoms. The molecular formula is C11H17N3O3. The molecule has 0 radical (unpaired) electrons. The summed E-state index contributed by atoms with van der Waals surface area (Å²) in [5.41, 5.74) is 5.47. The van der Waals surface area contributed by atoms with Gasteiger partial charge in [-0.15, -0.1) is 0 Å². The van der Waals surface area contributed by atoms with E-state index in [0.29, 0.717) is 12.0 Å². The van der Waals surface area contributed by atoms with E-state index in [4.69, 9.17) is 5.73 Å². The zero-order valence-electron chi connectivity index (χ0n) is 9.81. The third-order valence-electron chi connectivity index (χ3n) is 1.93. The summed E-state index contributed by atoms with van der Waals surface area (Å²) in [6, 6.07) is 0. The van der Waals surface area contributed by atoms with Gasteiger partial charge in [0, 0.05) is 25.7 Å². The SMILES string of the molecule is C=C(/C=C\C=O)N(C)CC(=O)NCCC(N)=O. The highest BCUT2D eigenvalue weighted by Gasteiger charge is 2.06. The van der Waals surface area contributed by atoms with Crippen LogP contribution in [0.3, 0.4) is 0 Å². The van der Waals surface area contributed by atoms with Crippen LogP contribution in [0.25, 0.3) is 0 Å². The fourth-order valence-electron chi connectivity index (χ4n) is 0.976. The molecule has 0 aliphatic heterocycles. The van der Waals surface area contributed by atoms with Crippen molar-refractivity contribution in [3.8, 4) is 0 Å². The van der Waals surface area contributed by atoms with Gasteiger partial charge in [-0.05, 0) is 12.2 Å². The smallest absolute Gasteiger partial charge is 0.239 e. The molecule has 3 N–H and O–H groups in total. The van der Waals surface area contributed by atoms with Gasteiger partial charge in [0.05, 0.1) is 6.54 Å². The van der Waals surface area contributed by atoms with E-state index in [1.54, 1.807) is 11.9 Å². The number of nitrogens with one attached hydrogen (secondary N) is 1. The second-order valence-corrected chi connectivity index (χ2v) is 3.41. The molecule has 0 heterocycles. The van der Waals surface area contributed by atoms with Gasteiger partial charge in [0.25, 0.3) is 0 Å². The van der Waals surface area contributed by atoms with Crippen LogP contribution in [0, 0.1) is 0 Å². The lowest BCUT2D eigenvalue weighted by molar-refractivity contribution is -0.121. The van der Waals surface area contributed by atoms with E-state index in [2.05, 4.69) is 11.9 Å². The molecule has 0 fully saturated rings. The van der Waals surface area contributed by atoms with Gasteiger partial charge >= 0.3 is 0 Å². The Hall–Kier alpha value is -2.11. The summed E-state index contributed by atoms with van der Waals surface area (Å²) in [7, 11) is 1.67. The Balaban J connectivity index is 3.94. The van der Waals surface area contributed by atoms with Crippen molar-refractivity contribution in [1.82, 2.24) is 10.2 Å². The molecule has 6 nitrogen and oxygen atoms in total. The van der Waals surface area contributed by atoms with Gasteiger partial charge in [0.2, 0.25) is 11.8 Å². The number of nitrogens with zero attached hydrogens (tertiary/aromatic N) is 1. The summed E-state index contributed by atoms with van der Waals surface area (Å²) >= 11 is 0. The standard InChI is InChI=1S/C11H17N3O3/c1-9(4-3-7-15)14(2)8-11(17)13-6-5-10(12)16/h3-4,7H,1,5-6,8H2,2H3,(H2,12,16)(H,13,17)/b4-3-. The predicted octanol–water partition coefficient (Wildman–Crippen LogP) is -0.821. The molecule has 0 rings (SSSR count). The summed E-state index contributed by atoms with van der Waals surface area (Å²) < 4.78 is 0. The number of primary amides is 1. The summed E-state index contributed by atoms with van der Waals surface area (Å²) in [6.45, 7) is 4.00. The molecule has 0 aromatic rings. The molecule has 94 valence electrons. The number of hydrogen-bond donors (Lipinski definition) is 2. The lowest BCUT2D eigenvalue weighted by Crippen LogP contribution is -2.35. The van der Waals surface area contributed by atoms with E-state index in [-0.39, 0.29) is 25.4 Å². The monoisotopic (exact) mass is 239 g/mol. The molecule has 0 saturated carbocycles. The lowest BCUT2D eigenvalue weighted by atomic mass is 10.3. The summed E-state index contributed by atoms with van der Waals surface area (Å²) in [4.78, 5) is 33.5. The summed E-state index contributed by atoms with van der Waals surface area (Å²) in [6.07, 6.45) is 3.54. The van der Waals surface area contributed by atoms with Crippen LogP contribution in [-0.2, 0) is 14.4 Å². The zero-order chi connectivity index (χ0) is 13.3. The molecular weight excluding hydrogens is 222 g/mol. The third-order valence-corrected chi connectivity index (χ3v) is 1.93. The Labute approximate surface area is 100 Å². The Morgan fingerprint density at radius 3 is 2.65 bits per heavy atom. The molecule has 0 aliphatic rings. The van der Waals surface area contributed by atoms with Crippen LogP contribution in [0.4, 0.5) is 0 Å². The van der Waals surface area contributed by atoms with E-state index in [1.807, 2.05) is 0 Å². The zero-order valence-corrected chi connectivity index (χ0v) is 9.81. The van der Waals surface area contributed by atoms with Crippen molar-refractivity contribution in [2.24, 2.45) is 5.73 Å². The fourth-order valence-corrected chi connectivity index (χ4v) is 0.976. The van der Waals surface area contributed by atoms with Crippen molar-refractivity contribution in [2.45, 2.75) is 6.42 Å². The molecule has 0 atom stereocenters. The number of amides is 2. The largest absolute Gasteiger partial charge is 0.370 e. The Kier molecular flexibility index (Phi) is 7.09. The van der Waals surface area contributed by atoms with Gasteiger partial charge in [-0.2, -0.15) is 0 Å². The van der Waals surface area contributed by atoms with E-state index in [1.165, 1.54) is 12.2 Å². The molecule has 17 heavy (non-hydrogen) atoms. The minimum atomic E-state index is -0.461.